The van der Waals surface area contributed by atoms with Crippen molar-refractivity contribution in [2.45, 2.75) is 39.3 Å². The third kappa shape index (κ3) is 3.70. The van der Waals surface area contributed by atoms with Crippen molar-refractivity contribution in [3.63, 3.8) is 0 Å². The fraction of sp³-hybridized carbons (Fsp3) is 0.562. The lowest BCUT2D eigenvalue weighted by Gasteiger charge is -2.27. The van der Waals surface area contributed by atoms with Gasteiger partial charge >= 0.3 is 12.1 Å². The minimum atomic E-state index is -4.94. The van der Waals surface area contributed by atoms with Gasteiger partial charge in [-0.25, -0.2) is 0 Å². The molecular weight excluding hydrogens is 359 g/mol. The van der Waals surface area contributed by atoms with Crippen LogP contribution in [0.2, 0.25) is 0 Å². The van der Waals surface area contributed by atoms with E-state index in [2.05, 4.69) is 0 Å². The molecule has 0 aliphatic carbocycles. The second-order valence-electron chi connectivity index (χ2n) is 6.20. The predicted octanol–water partition coefficient (Wildman–Crippen LogP) is 3.19. The molecule has 2 rings (SSSR count). The SMILES string of the molecule is Cc1cc(C(=O)CCC(=O)N2CCC(C(=O)O)(C(F)(F)F)C2)c(C)s1. The molecular formula is C16H18F3NO4S. The Hall–Kier alpha value is -1.90. The van der Waals surface area contributed by atoms with Crippen LogP contribution in [-0.4, -0.2) is 46.9 Å². The fourth-order valence-electron chi connectivity index (χ4n) is 2.97. The molecule has 1 unspecified atom stereocenters. The standard InChI is InChI=1S/C16H18F3NO4S/c1-9-7-11(10(2)25-9)12(21)3-4-13(22)20-6-5-15(8-20,14(23)24)16(17,18)19/h7H,3-6,8H2,1-2H3,(H,23,24). The Labute approximate surface area is 146 Å². The van der Waals surface area contributed by atoms with E-state index in [4.69, 9.17) is 5.11 Å². The summed E-state index contributed by atoms with van der Waals surface area (Å²) in [5.41, 5.74) is -2.40. The van der Waals surface area contributed by atoms with Crippen LogP contribution in [0.15, 0.2) is 6.07 Å². The quantitative estimate of drug-likeness (QED) is 0.800. The van der Waals surface area contributed by atoms with Gasteiger partial charge in [0.1, 0.15) is 0 Å². The maximum atomic E-state index is 13.1. The van der Waals surface area contributed by atoms with Crippen molar-refractivity contribution in [1.82, 2.24) is 4.90 Å². The van der Waals surface area contributed by atoms with Gasteiger partial charge in [0, 0.05) is 41.2 Å². The molecule has 1 atom stereocenters. The second-order valence-corrected chi connectivity index (χ2v) is 7.66. The molecule has 0 saturated carbocycles. The number of carbonyl (C=O) groups is 3. The molecule has 2 heterocycles. The smallest absolute Gasteiger partial charge is 0.406 e. The molecule has 1 fully saturated rings. The summed E-state index contributed by atoms with van der Waals surface area (Å²) in [6.45, 7) is 2.45. The van der Waals surface area contributed by atoms with E-state index >= 15 is 0 Å². The van der Waals surface area contributed by atoms with Gasteiger partial charge in [0.25, 0.3) is 0 Å². The molecule has 9 heteroatoms. The van der Waals surface area contributed by atoms with Gasteiger partial charge in [-0.05, 0) is 26.3 Å². The number of rotatable bonds is 5. The summed E-state index contributed by atoms with van der Waals surface area (Å²) in [6, 6.07) is 1.72. The van der Waals surface area contributed by atoms with E-state index < -0.39 is 36.4 Å². The van der Waals surface area contributed by atoms with Crippen LogP contribution in [0.1, 0.15) is 39.4 Å². The summed E-state index contributed by atoms with van der Waals surface area (Å²) in [4.78, 5) is 38.1. The van der Waals surface area contributed by atoms with Gasteiger partial charge in [-0.15, -0.1) is 11.3 Å². The van der Waals surface area contributed by atoms with Crippen molar-refractivity contribution < 1.29 is 32.7 Å². The molecule has 1 amide bonds. The molecule has 138 valence electrons. The highest BCUT2D eigenvalue weighted by Gasteiger charge is 2.64. The first-order valence-corrected chi connectivity index (χ1v) is 8.48. The first kappa shape index (κ1) is 19.4. The minimum Gasteiger partial charge on any atom is -0.481 e. The van der Waals surface area contributed by atoms with Gasteiger partial charge in [-0.3, -0.25) is 14.4 Å². The Morgan fingerprint density at radius 3 is 2.36 bits per heavy atom. The molecule has 0 aromatic carbocycles. The highest BCUT2D eigenvalue weighted by molar-refractivity contribution is 7.12. The number of aryl methyl sites for hydroxylation is 2. The molecule has 5 nitrogen and oxygen atoms in total. The van der Waals surface area contributed by atoms with Crippen LogP contribution in [0.4, 0.5) is 13.2 Å². The summed E-state index contributed by atoms with van der Waals surface area (Å²) in [5, 5.41) is 8.99. The van der Waals surface area contributed by atoms with Crippen LogP contribution >= 0.6 is 11.3 Å². The van der Waals surface area contributed by atoms with Crippen molar-refractivity contribution in [2.75, 3.05) is 13.1 Å². The van der Waals surface area contributed by atoms with E-state index in [0.29, 0.717) is 5.56 Å². The summed E-state index contributed by atoms with van der Waals surface area (Å²) in [7, 11) is 0. The van der Waals surface area contributed by atoms with Crippen molar-refractivity contribution in [2.24, 2.45) is 5.41 Å². The number of ketones is 1. The number of amides is 1. The van der Waals surface area contributed by atoms with E-state index in [1.54, 1.807) is 13.0 Å². The lowest BCUT2D eigenvalue weighted by atomic mass is 9.86. The normalized spacial score (nSPS) is 20.8. The molecule has 25 heavy (non-hydrogen) atoms. The lowest BCUT2D eigenvalue weighted by molar-refractivity contribution is -0.227. The third-order valence-electron chi connectivity index (χ3n) is 4.48. The topological polar surface area (TPSA) is 74.7 Å². The number of halogens is 3. The zero-order valence-electron chi connectivity index (χ0n) is 13.8. The molecule has 1 saturated heterocycles. The van der Waals surface area contributed by atoms with Crippen molar-refractivity contribution in [3.8, 4) is 0 Å². The van der Waals surface area contributed by atoms with E-state index in [-0.39, 0.29) is 25.2 Å². The van der Waals surface area contributed by atoms with E-state index in [1.165, 1.54) is 11.3 Å². The average Bonchev–Trinajstić information content (AvgIpc) is 3.08. The van der Waals surface area contributed by atoms with Crippen molar-refractivity contribution >= 4 is 29.0 Å². The number of aliphatic carboxylic acids is 1. The van der Waals surface area contributed by atoms with Crippen molar-refractivity contribution in [1.29, 1.82) is 0 Å². The number of likely N-dealkylation sites (tertiary alicyclic amines) is 1. The highest BCUT2D eigenvalue weighted by atomic mass is 32.1. The number of carboxylic acid groups (broad SMARTS) is 1. The Morgan fingerprint density at radius 1 is 1.28 bits per heavy atom. The second kappa shape index (κ2) is 6.78. The van der Waals surface area contributed by atoms with Gasteiger partial charge in [0.05, 0.1) is 0 Å². The van der Waals surface area contributed by atoms with Crippen molar-refractivity contribution in [3.05, 3.63) is 21.4 Å². The van der Waals surface area contributed by atoms with Crippen LogP contribution < -0.4 is 0 Å². The number of Topliss-reactive ketones (excluding diaryl/α,β-unsaturated/α-hetero) is 1. The fourth-order valence-corrected chi connectivity index (χ4v) is 3.91. The van der Waals surface area contributed by atoms with Gasteiger partial charge in [-0.2, -0.15) is 13.2 Å². The molecule has 0 bridgehead atoms. The van der Waals surface area contributed by atoms with Crippen LogP contribution in [0, 0.1) is 19.3 Å². The Morgan fingerprint density at radius 2 is 1.92 bits per heavy atom. The minimum absolute atomic E-state index is 0.113. The maximum absolute atomic E-state index is 13.1. The Bertz CT molecular complexity index is 713. The molecule has 1 aromatic rings. The number of hydrogen-bond donors (Lipinski definition) is 1. The van der Waals surface area contributed by atoms with Crippen LogP contribution in [0.25, 0.3) is 0 Å². The Balaban J connectivity index is 2.00. The summed E-state index contributed by atoms with van der Waals surface area (Å²) < 4.78 is 39.3. The van der Waals surface area contributed by atoms with E-state index in [1.807, 2.05) is 6.92 Å². The predicted molar refractivity (Wildman–Crippen MR) is 84.7 cm³/mol. The average molecular weight is 377 g/mol. The van der Waals surface area contributed by atoms with Crippen LogP contribution in [0.3, 0.4) is 0 Å². The largest absolute Gasteiger partial charge is 0.481 e. The number of carboxylic acids is 1. The molecule has 1 aromatic heterocycles. The van der Waals surface area contributed by atoms with Gasteiger partial charge in [0.2, 0.25) is 5.91 Å². The van der Waals surface area contributed by atoms with E-state index in [0.717, 1.165) is 14.7 Å². The Kier molecular flexibility index (Phi) is 5.27. The summed E-state index contributed by atoms with van der Waals surface area (Å²) in [6.07, 6.45) is -5.96. The highest BCUT2D eigenvalue weighted by Crippen LogP contribution is 2.45. The molecule has 1 aliphatic rings. The molecule has 0 spiro atoms. The number of hydrogen-bond acceptors (Lipinski definition) is 4. The molecule has 1 aliphatic heterocycles. The first-order chi connectivity index (χ1) is 11.5. The third-order valence-corrected chi connectivity index (χ3v) is 5.45. The van der Waals surface area contributed by atoms with Gasteiger partial charge in [0.15, 0.2) is 11.2 Å². The maximum Gasteiger partial charge on any atom is 0.406 e. The number of alkyl halides is 3. The first-order valence-electron chi connectivity index (χ1n) is 7.66. The van der Waals surface area contributed by atoms with Gasteiger partial charge in [-0.1, -0.05) is 0 Å². The van der Waals surface area contributed by atoms with Gasteiger partial charge < -0.3 is 10.0 Å². The number of thiophene rings is 1. The van der Waals surface area contributed by atoms with Crippen LogP contribution in [0.5, 0.6) is 0 Å². The number of nitrogens with zero attached hydrogens (tertiary/aromatic N) is 1. The number of carbonyl (C=O) groups excluding carboxylic acids is 2. The van der Waals surface area contributed by atoms with Crippen LogP contribution in [-0.2, 0) is 9.59 Å². The molecule has 1 N–H and O–H groups in total. The zero-order chi connectivity index (χ0) is 19.0. The van der Waals surface area contributed by atoms with E-state index in [9.17, 15) is 27.6 Å². The molecule has 0 radical (unpaired) electrons. The zero-order valence-corrected chi connectivity index (χ0v) is 14.6. The monoisotopic (exact) mass is 377 g/mol. The summed E-state index contributed by atoms with van der Waals surface area (Å²) in [5.74, 6) is -2.85. The lowest BCUT2D eigenvalue weighted by Crippen LogP contribution is -2.47. The summed E-state index contributed by atoms with van der Waals surface area (Å²) >= 11 is 1.46.